The van der Waals surface area contributed by atoms with Gasteiger partial charge in [0.1, 0.15) is 18.5 Å². The number of aryl methyl sites for hydroxylation is 4. The molecule has 0 aromatic heterocycles. The van der Waals surface area contributed by atoms with Gasteiger partial charge in [0.2, 0.25) is 0 Å². The zero-order valence-corrected chi connectivity index (χ0v) is 27.0. The number of methoxy groups -OCH3 is 1. The maximum Gasteiger partial charge on any atom is 0.167 e. The van der Waals surface area contributed by atoms with Crippen molar-refractivity contribution in [2.45, 2.75) is 46.6 Å². The summed E-state index contributed by atoms with van der Waals surface area (Å²) in [5.74, 6) is 0.708. The van der Waals surface area contributed by atoms with Gasteiger partial charge in [0, 0.05) is 30.1 Å². The first-order valence-electron chi connectivity index (χ1n) is 15.7. The molecule has 1 unspecified atom stereocenters. The second kappa shape index (κ2) is 14.9. The summed E-state index contributed by atoms with van der Waals surface area (Å²) < 4.78 is 11.2. The normalized spacial score (nSPS) is 11.8. The molecule has 0 heterocycles. The average Bonchev–Trinajstić information content (AvgIpc) is 3.07. The number of carbonyl (C=O) groups excluding carboxylic acids is 1. The Morgan fingerprint density at radius 1 is 0.600 bits per heavy atom. The van der Waals surface area contributed by atoms with E-state index in [-0.39, 0.29) is 18.3 Å². The molecule has 230 valence electrons. The van der Waals surface area contributed by atoms with Crippen LogP contribution >= 0.6 is 0 Å². The van der Waals surface area contributed by atoms with E-state index in [4.69, 9.17) is 9.47 Å². The summed E-state index contributed by atoms with van der Waals surface area (Å²) in [6.45, 7) is 8.20. The lowest BCUT2D eigenvalue weighted by Gasteiger charge is -2.26. The van der Waals surface area contributed by atoms with E-state index in [9.17, 15) is 4.79 Å². The molecule has 0 aliphatic heterocycles. The Kier molecular flexibility index (Phi) is 10.5. The van der Waals surface area contributed by atoms with E-state index in [1.165, 1.54) is 33.4 Å². The fourth-order valence-electron chi connectivity index (χ4n) is 5.35. The van der Waals surface area contributed by atoms with Crippen LogP contribution in [0.3, 0.4) is 0 Å². The molecule has 1 atom stereocenters. The monoisotopic (exact) mass is 597 g/mol. The Labute approximate surface area is 268 Å². The molecule has 0 bridgehead atoms. The summed E-state index contributed by atoms with van der Waals surface area (Å²) in [5, 5.41) is 0. The standard InChI is InChI=1S/C41H43NO3/c1-29(2)41(43)40(44-5)28-45-39-26-14-33(15-27-39)11-10-32-12-22-37(23-13-32)42(36-20-8-31(4)9-21-36)38-24-18-35(19-25-38)34-16-6-30(3)7-17-34/h6-9,12-27,29,40H,10-11,28H2,1-5H3. The number of hydrogen-bond acceptors (Lipinski definition) is 4. The number of ketones is 1. The molecule has 0 saturated carbocycles. The maximum absolute atomic E-state index is 12.2. The van der Waals surface area contributed by atoms with Crippen LogP contribution in [0.5, 0.6) is 5.75 Å². The fourth-order valence-corrected chi connectivity index (χ4v) is 5.35. The summed E-state index contributed by atoms with van der Waals surface area (Å²) in [6, 6.07) is 43.2. The highest BCUT2D eigenvalue weighted by atomic mass is 16.5. The Balaban J connectivity index is 1.26. The van der Waals surface area contributed by atoms with Crippen LogP contribution in [0.15, 0.2) is 121 Å². The van der Waals surface area contributed by atoms with Gasteiger partial charge in [0.05, 0.1) is 0 Å². The van der Waals surface area contributed by atoms with Gasteiger partial charge in [-0.05, 0) is 97.5 Å². The highest BCUT2D eigenvalue weighted by Crippen LogP contribution is 2.36. The number of carbonyl (C=O) groups is 1. The number of anilines is 3. The predicted molar refractivity (Wildman–Crippen MR) is 186 cm³/mol. The molecule has 5 rings (SSSR count). The minimum atomic E-state index is -0.549. The third kappa shape index (κ3) is 8.29. The second-order valence-corrected chi connectivity index (χ2v) is 12.0. The Morgan fingerprint density at radius 3 is 1.47 bits per heavy atom. The van der Waals surface area contributed by atoms with E-state index < -0.39 is 6.10 Å². The molecule has 0 N–H and O–H groups in total. The zero-order chi connectivity index (χ0) is 31.8. The van der Waals surface area contributed by atoms with Gasteiger partial charge in [0.25, 0.3) is 0 Å². The molecular formula is C41H43NO3. The minimum absolute atomic E-state index is 0.0538. The van der Waals surface area contributed by atoms with Gasteiger partial charge in [-0.15, -0.1) is 0 Å². The van der Waals surface area contributed by atoms with Crippen molar-refractivity contribution in [3.8, 4) is 16.9 Å². The van der Waals surface area contributed by atoms with Gasteiger partial charge < -0.3 is 14.4 Å². The van der Waals surface area contributed by atoms with Crippen LogP contribution in [0.25, 0.3) is 11.1 Å². The summed E-state index contributed by atoms with van der Waals surface area (Å²) >= 11 is 0. The van der Waals surface area contributed by atoms with Crippen LogP contribution in [0.2, 0.25) is 0 Å². The second-order valence-electron chi connectivity index (χ2n) is 12.0. The van der Waals surface area contributed by atoms with Gasteiger partial charge >= 0.3 is 0 Å². The molecule has 0 spiro atoms. The number of benzene rings is 5. The lowest BCUT2D eigenvalue weighted by molar-refractivity contribution is -0.133. The number of hydrogen-bond donors (Lipinski definition) is 0. The molecule has 0 amide bonds. The highest BCUT2D eigenvalue weighted by Gasteiger charge is 2.21. The van der Waals surface area contributed by atoms with E-state index in [1.54, 1.807) is 7.11 Å². The van der Waals surface area contributed by atoms with E-state index in [2.05, 4.69) is 128 Å². The average molecular weight is 598 g/mol. The largest absolute Gasteiger partial charge is 0.490 e. The van der Waals surface area contributed by atoms with Crippen LogP contribution in [0.1, 0.15) is 36.1 Å². The topological polar surface area (TPSA) is 38.8 Å². The predicted octanol–water partition coefficient (Wildman–Crippen LogP) is 9.84. The molecule has 0 aliphatic rings. The van der Waals surface area contributed by atoms with Crippen LogP contribution in [-0.2, 0) is 22.4 Å². The van der Waals surface area contributed by atoms with Crippen molar-refractivity contribution in [1.82, 2.24) is 0 Å². The molecule has 0 fully saturated rings. The Morgan fingerprint density at radius 2 is 1.00 bits per heavy atom. The van der Waals surface area contributed by atoms with E-state index >= 15 is 0 Å². The number of nitrogens with zero attached hydrogens (tertiary/aromatic N) is 1. The van der Waals surface area contributed by atoms with Crippen LogP contribution in [0.4, 0.5) is 17.1 Å². The quantitative estimate of drug-likeness (QED) is 0.135. The zero-order valence-electron chi connectivity index (χ0n) is 27.0. The number of rotatable bonds is 13. The maximum atomic E-state index is 12.2. The third-order valence-corrected chi connectivity index (χ3v) is 8.20. The van der Waals surface area contributed by atoms with Crippen molar-refractivity contribution in [3.05, 3.63) is 144 Å². The first-order valence-corrected chi connectivity index (χ1v) is 15.7. The Bertz CT molecular complexity index is 1650. The summed E-state index contributed by atoms with van der Waals surface area (Å²) in [7, 11) is 1.55. The molecule has 4 heteroatoms. The van der Waals surface area contributed by atoms with E-state index in [1.807, 2.05) is 26.0 Å². The molecule has 4 nitrogen and oxygen atoms in total. The summed E-state index contributed by atoms with van der Waals surface area (Å²) in [6.07, 6.45) is 1.31. The van der Waals surface area contributed by atoms with Gasteiger partial charge in [-0.3, -0.25) is 4.79 Å². The van der Waals surface area contributed by atoms with Crippen LogP contribution in [-0.4, -0.2) is 25.6 Å². The molecular weight excluding hydrogens is 554 g/mol. The van der Waals surface area contributed by atoms with Crippen LogP contribution < -0.4 is 9.64 Å². The van der Waals surface area contributed by atoms with Gasteiger partial charge in [-0.1, -0.05) is 97.8 Å². The minimum Gasteiger partial charge on any atom is -0.490 e. The summed E-state index contributed by atoms with van der Waals surface area (Å²) in [5.41, 5.74) is 10.8. The first-order chi connectivity index (χ1) is 21.8. The fraction of sp³-hybridized carbons (Fsp3) is 0.244. The van der Waals surface area contributed by atoms with Crippen molar-refractivity contribution in [1.29, 1.82) is 0 Å². The van der Waals surface area contributed by atoms with E-state index in [0.717, 1.165) is 35.7 Å². The van der Waals surface area contributed by atoms with Crippen molar-refractivity contribution < 1.29 is 14.3 Å². The van der Waals surface area contributed by atoms with E-state index in [0.29, 0.717) is 0 Å². The highest BCUT2D eigenvalue weighted by molar-refractivity contribution is 5.85. The SMILES string of the molecule is COC(COc1ccc(CCc2ccc(N(c3ccc(C)cc3)c3ccc(-c4ccc(C)cc4)cc3)cc2)cc1)C(=O)C(C)C. The van der Waals surface area contributed by atoms with Crippen molar-refractivity contribution in [2.75, 3.05) is 18.6 Å². The molecule has 5 aromatic carbocycles. The summed E-state index contributed by atoms with van der Waals surface area (Å²) in [4.78, 5) is 14.6. The lowest BCUT2D eigenvalue weighted by Crippen LogP contribution is -2.32. The molecule has 0 saturated heterocycles. The molecule has 45 heavy (non-hydrogen) atoms. The Hall–Kier alpha value is -4.67. The number of ether oxygens (including phenoxy) is 2. The molecule has 5 aromatic rings. The number of Topliss-reactive ketones (excluding diaryl/α,β-unsaturated/α-hetero) is 1. The third-order valence-electron chi connectivity index (χ3n) is 8.20. The van der Waals surface area contributed by atoms with Crippen molar-refractivity contribution in [2.24, 2.45) is 5.92 Å². The van der Waals surface area contributed by atoms with Crippen LogP contribution in [0, 0.1) is 19.8 Å². The molecule has 0 aliphatic carbocycles. The van der Waals surface area contributed by atoms with Gasteiger partial charge in [-0.2, -0.15) is 0 Å². The van der Waals surface area contributed by atoms with Crippen molar-refractivity contribution >= 4 is 22.8 Å². The van der Waals surface area contributed by atoms with Crippen molar-refractivity contribution in [3.63, 3.8) is 0 Å². The van der Waals surface area contributed by atoms with Gasteiger partial charge in [0.15, 0.2) is 5.78 Å². The smallest absolute Gasteiger partial charge is 0.167 e. The molecule has 0 radical (unpaired) electrons. The van der Waals surface area contributed by atoms with Gasteiger partial charge in [-0.25, -0.2) is 0 Å². The lowest BCUT2D eigenvalue weighted by atomic mass is 10.0. The first kappa shape index (κ1) is 31.7.